The normalized spacial score (nSPS) is 19.2. The molecule has 0 radical (unpaired) electrons. The summed E-state index contributed by atoms with van der Waals surface area (Å²) >= 11 is 1.60. The van der Waals surface area contributed by atoms with Gasteiger partial charge in [-0.2, -0.15) is 0 Å². The first-order valence-corrected chi connectivity index (χ1v) is 8.07. The zero-order chi connectivity index (χ0) is 15.0. The van der Waals surface area contributed by atoms with Gasteiger partial charge in [-0.05, 0) is 31.5 Å². The zero-order valence-corrected chi connectivity index (χ0v) is 13.3. The van der Waals surface area contributed by atoms with Crippen LogP contribution in [0.3, 0.4) is 0 Å². The van der Waals surface area contributed by atoms with Crippen molar-refractivity contribution in [3.8, 4) is 0 Å². The quantitative estimate of drug-likeness (QED) is 0.947. The van der Waals surface area contributed by atoms with Gasteiger partial charge in [-0.25, -0.2) is 4.39 Å². The number of morpholine rings is 1. The van der Waals surface area contributed by atoms with Gasteiger partial charge in [-0.1, -0.05) is 6.07 Å². The van der Waals surface area contributed by atoms with Crippen molar-refractivity contribution in [1.29, 1.82) is 0 Å². The van der Waals surface area contributed by atoms with E-state index in [2.05, 4.69) is 18.7 Å². The molecule has 0 atom stereocenters. The first-order valence-electron chi connectivity index (χ1n) is 7.25. The van der Waals surface area contributed by atoms with Crippen LogP contribution in [0.2, 0.25) is 0 Å². The molecule has 1 aromatic carbocycles. The Kier molecular flexibility index (Phi) is 4.01. The average Bonchev–Trinajstić information content (AvgIpc) is 2.77. The summed E-state index contributed by atoms with van der Waals surface area (Å²) in [5, 5.41) is 0.743. The summed E-state index contributed by atoms with van der Waals surface area (Å²) in [6.45, 7) is 7.82. The molecule has 0 spiro atoms. The first-order chi connectivity index (χ1) is 10.00. The van der Waals surface area contributed by atoms with Crippen LogP contribution in [-0.4, -0.2) is 30.2 Å². The van der Waals surface area contributed by atoms with Crippen molar-refractivity contribution >= 4 is 21.4 Å². The monoisotopic (exact) mass is 308 g/mol. The number of rotatable bonds is 3. The van der Waals surface area contributed by atoms with E-state index in [-0.39, 0.29) is 11.4 Å². The van der Waals surface area contributed by atoms with Gasteiger partial charge in [0.1, 0.15) is 5.82 Å². The molecular weight excluding hydrogens is 287 g/mol. The van der Waals surface area contributed by atoms with Crippen LogP contribution in [0.1, 0.15) is 24.3 Å². The molecule has 1 fully saturated rings. The highest BCUT2D eigenvalue weighted by atomic mass is 32.1. The number of benzene rings is 1. The highest BCUT2D eigenvalue weighted by Crippen LogP contribution is 2.34. The molecule has 21 heavy (non-hydrogen) atoms. The zero-order valence-electron chi connectivity index (χ0n) is 12.5. The summed E-state index contributed by atoms with van der Waals surface area (Å²) in [6, 6.07) is 5.26. The van der Waals surface area contributed by atoms with E-state index in [1.54, 1.807) is 17.4 Å². The summed E-state index contributed by atoms with van der Waals surface area (Å²) in [5.74, 6) is -0.147. The maximum atomic E-state index is 14.2. The molecule has 3 rings (SSSR count). The Hall–Kier alpha value is -1.01. The van der Waals surface area contributed by atoms with Gasteiger partial charge >= 0.3 is 0 Å². The van der Waals surface area contributed by atoms with Gasteiger partial charge in [0.2, 0.25) is 0 Å². The number of hydrogen-bond donors (Lipinski definition) is 1. The van der Waals surface area contributed by atoms with E-state index in [1.165, 1.54) is 6.07 Å². The van der Waals surface area contributed by atoms with Crippen LogP contribution < -0.4 is 5.73 Å². The van der Waals surface area contributed by atoms with Crippen molar-refractivity contribution in [2.75, 3.05) is 19.7 Å². The molecule has 0 aliphatic carbocycles. The third-order valence-electron chi connectivity index (χ3n) is 3.92. The number of nitrogens with zero attached hydrogens (tertiary/aromatic N) is 1. The standard InChI is InChI=1S/C16H21FN2OS/c1-16(2)10-19(6-7-20-16)9-11-14(8-18)21-13-5-3-4-12(17)15(11)13/h3-5H,6-10,18H2,1-2H3. The molecule has 2 heterocycles. The van der Waals surface area contributed by atoms with E-state index in [0.29, 0.717) is 6.54 Å². The Balaban J connectivity index is 1.96. The fourth-order valence-electron chi connectivity index (χ4n) is 3.02. The molecule has 1 aliphatic rings. The van der Waals surface area contributed by atoms with Crippen LogP contribution in [0.5, 0.6) is 0 Å². The Morgan fingerprint density at radius 3 is 2.95 bits per heavy atom. The van der Waals surface area contributed by atoms with E-state index >= 15 is 0 Å². The molecule has 0 bridgehead atoms. The lowest BCUT2D eigenvalue weighted by Crippen LogP contribution is -2.47. The first kappa shape index (κ1) is 14.9. The molecule has 1 saturated heterocycles. The maximum absolute atomic E-state index is 14.2. The third kappa shape index (κ3) is 2.97. The van der Waals surface area contributed by atoms with Crippen LogP contribution >= 0.6 is 11.3 Å². The number of ether oxygens (including phenoxy) is 1. The van der Waals surface area contributed by atoms with Gasteiger partial charge in [0.15, 0.2) is 0 Å². The van der Waals surface area contributed by atoms with Crippen molar-refractivity contribution < 1.29 is 9.13 Å². The van der Waals surface area contributed by atoms with E-state index in [4.69, 9.17) is 10.5 Å². The van der Waals surface area contributed by atoms with Gasteiger partial charge in [0, 0.05) is 41.1 Å². The largest absolute Gasteiger partial charge is 0.373 e. The Morgan fingerprint density at radius 1 is 1.43 bits per heavy atom. The Bertz CT molecular complexity index is 653. The van der Waals surface area contributed by atoms with E-state index in [0.717, 1.165) is 46.8 Å². The minimum atomic E-state index is -0.147. The van der Waals surface area contributed by atoms with Crippen LogP contribution in [0.4, 0.5) is 4.39 Å². The van der Waals surface area contributed by atoms with Gasteiger partial charge in [0.25, 0.3) is 0 Å². The number of thiophene rings is 1. The topological polar surface area (TPSA) is 38.5 Å². The number of fused-ring (bicyclic) bond motifs is 1. The second-order valence-corrected chi connectivity index (χ2v) is 7.28. The van der Waals surface area contributed by atoms with Crippen LogP contribution in [-0.2, 0) is 17.8 Å². The predicted molar refractivity (Wildman–Crippen MR) is 85.0 cm³/mol. The summed E-state index contributed by atoms with van der Waals surface area (Å²) in [7, 11) is 0. The molecule has 2 N–H and O–H groups in total. The molecule has 1 aliphatic heterocycles. The number of nitrogens with two attached hydrogens (primary N) is 1. The fraction of sp³-hybridized carbons (Fsp3) is 0.500. The summed E-state index contributed by atoms with van der Waals surface area (Å²) < 4.78 is 21.0. The lowest BCUT2D eigenvalue weighted by molar-refractivity contribution is -0.0882. The molecule has 0 amide bonds. The van der Waals surface area contributed by atoms with Gasteiger partial charge < -0.3 is 10.5 Å². The lowest BCUT2D eigenvalue weighted by Gasteiger charge is -2.38. The third-order valence-corrected chi connectivity index (χ3v) is 5.14. The number of halogens is 1. The highest BCUT2D eigenvalue weighted by molar-refractivity contribution is 7.19. The van der Waals surface area contributed by atoms with Crippen LogP contribution in [0.25, 0.3) is 10.1 Å². The molecule has 1 aromatic heterocycles. The van der Waals surface area contributed by atoms with Crippen molar-refractivity contribution in [2.45, 2.75) is 32.5 Å². The van der Waals surface area contributed by atoms with Gasteiger partial charge in [-0.3, -0.25) is 4.90 Å². The molecular formula is C16H21FN2OS. The van der Waals surface area contributed by atoms with Gasteiger partial charge in [-0.15, -0.1) is 11.3 Å². The molecule has 5 heteroatoms. The molecule has 114 valence electrons. The minimum absolute atomic E-state index is 0.147. The fourth-order valence-corrected chi connectivity index (χ4v) is 4.13. The summed E-state index contributed by atoms with van der Waals surface area (Å²) in [4.78, 5) is 3.41. The van der Waals surface area contributed by atoms with Crippen molar-refractivity contribution in [3.05, 3.63) is 34.5 Å². The van der Waals surface area contributed by atoms with Crippen LogP contribution in [0, 0.1) is 5.82 Å². The van der Waals surface area contributed by atoms with Gasteiger partial charge in [0.05, 0.1) is 12.2 Å². The second kappa shape index (κ2) is 5.65. The molecule has 0 unspecified atom stereocenters. The van der Waals surface area contributed by atoms with E-state index in [9.17, 15) is 4.39 Å². The van der Waals surface area contributed by atoms with Crippen molar-refractivity contribution in [2.24, 2.45) is 5.73 Å². The Labute approximate surface area is 128 Å². The SMILES string of the molecule is CC1(C)CN(Cc2c(CN)sc3cccc(F)c23)CCO1. The number of hydrogen-bond acceptors (Lipinski definition) is 4. The van der Waals surface area contributed by atoms with E-state index in [1.807, 2.05) is 6.07 Å². The summed E-state index contributed by atoms with van der Waals surface area (Å²) in [6.07, 6.45) is 0. The van der Waals surface area contributed by atoms with Crippen LogP contribution in [0.15, 0.2) is 18.2 Å². The average molecular weight is 308 g/mol. The van der Waals surface area contributed by atoms with Crippen molar-refractivity contribution in [3.63, 3.8) is 0 Å². The maximum Gasteiger partial charge on any atom is 0.132 e. The minimum Gasteiger partial charge on any atom is -0.373 e. The summed E-state index contributed by atoms with van der Waals surface area (Å²) in [5.41, 5.74) is 6.77. The second-order valence-electron chi connectivity index (χ2n) is 6.14. The molecule has 3 nitrogen and oxygen atoms in total. The van der Waals surface area contributed by atoms with E-state index < -0.39 is 0 Å². The molecule has 2 aromatic rings. The van der Waals surface area contributed by atoms with Crippen molar-refractivity contribution in [1.82, 2.24) is 4.90 Å². The smallest absolute Gasteiger partial charge is 0.132 e. The molecule has 0 saturated carbocycles. The lowest BCUT2D eigenvalue weighted by atomic mass is 10.1. The predicted octanol–water partition coefficient (Wildman–Crippen LogP) is 3.11. The highest BCUT2D eigenvalue weighted by Gasteiger charge is 2.28. The Morgan fingerprint density at radius 2 is 2.24 bits per heavy atom.